The second-order valence-electron chi connectivity index (χ2n) is 6.16. The van der Waals surface area contributed by atoms with Crippen molar-refractivity contribution < 1.29 is 4.79 Å². The van der Waals surface area contributed by atoms with Gasteiger partial charge in [0, 0.05) is 10.8 Å². The maximum atomic E-state index is 12.7. The molecule has 0 bridgehead atoms. The molecule has 3 rings (SSSR count). The Morgan fingerprint density at radius 1 is 0.600 bits per heavy atom. The standard InChI is InChI=1S/C14H22O/c15-12-13(6-2-1-3-7-13)10-11-14(12)8-4-5-9-14/h1-11H2. The molecule has 2 spiro atoms. The quantitative estimate of drug-likeness (QED) is 0.588. The molecule has 0 radical (unpaired) electrons. The number of hydrogen-bond donors (Lipinski definition) is 0. The fourth-order valence-electron chi connectivity index (χ4n) is 4.50. The average Bonchev–Trinajstić information content (AvgIpc) is 2.84. The molecule has 84 valence electrons. The lowest BCUT2D eigenvalue weighted by atomic mass is 9.69. The van der Waals surface area contributed by atoms with Gasteiger partial charge in [-0.05, 0) is 38.5 Å². The van der Waals surface area contributed by atoms with Gasteiger partial charge in [0.2, 0.25) is 0 Å². The van der Waals surface area contributed by atoms with Gasteiger partial charge in [0.05, 0.1) is 0 Å². The molecular weight excluding hydrogens is 184 g/mol. The molecular formula is C14H22O. The normalized spacial score (nSPS) is 32.9. The molecule has 0 unspecified atom stereocenters. The predicted octanol–water partition coefficient (Wildman–Crippen LogP) is 3.86. The van der Waals surface area contributed by atoms with Gasteiger partial charge in [-0.25, -0.2) is 0 Å². The van der Waals surface area contributed by atoms with E-state index in [1.807, 2.05) is 0 Å². The van der Waals surface area contributed by atoms with Crippen molar-refractivity contribution in [2.75, 3.05) is 0 Å². The smallest absolute Gasteiger partial charge is 0.145 e. The molecule has 15 heavy (non-hydrogen) atoms. The first-order valence-electron chi connectivity index (χ1n) is 6.83. The summed E-state index contributed by atoms with van der Waals surface area (Å²) < 4.78 is 0. The summed E-state index contributed by atoms with van der Waals surface area (Å²) >= 11 is 0. The molecule has 0 aromatic carbocycles. The third-order valence-electron chi connectivity index (χ3n) is 5.42. The summed E-state index contributed by atoms with van der Waals surface area (Å²) in [7, 11) is 0. The van der Waals surface area contributed by atoms with E-state index in [2.05, 4.69) is 0 Å². The molecule has 3 aliphatic carbocycles. The molecule has 0 atom stereocenters. The highest BCUT2D eigenvalue weighted by Crippen LogP contribution is 2.59. The van der Waals surface area contributed by atoms with Crippen molar-refractivity contribution in [2.24, 2.45) is 10.8 Å². The van der Waals surface area contributed by atoms with Gasteiger partial charge >= 0.3 is 0 Å². The Morgan fingerprint density at radius 2 is 1.00 bits per heavy atom. The van der Waals surface area contributed by atoms with E-state index < -0.39 is 0 Å². The SMILES string of the molecule is O=C1C2(CCCCC2)CCC12CCCC2. The monoisotopic (exact) mass is 206 g/mol. The molecule has 0 aromatic rings. The van der Waals surface area contributed by atoms with Crippen molar-refractivity contribution in [1.29, 1.82) is 0 Å². The molecule has 0 aromatic heterocycles. The van der Waals surface area contributed by atoms with Crippen LogP contribution in [0, 0.1) is 10.8 Å². The molecule has 3 fully saturated rings. The summed E-state index contributed by atoms with van der Waals surface area (Å²) in [5.74, 6) is 0.701. The first kappa shape index (κ1) is 9.86. The van der Waals surface area contributed by atoms with Crippen molar-refractivity contribution in [3.63, 3.8) is 0 Å². The second-order valence-corrected chi connectivity index (χ2v) is 6.16. The van der Waals surface area contributed by atoms with Crippen LogP contribution in [-0.2, 0) is 4.79 Å². The summed E-state index contributed by atoms with van der Waals surface area (Å²) in [6.07, 6.45) is 13.9. The highest BCUT2D eigenvalue weighted by atomic mass is 16.1. The van der Waals surface area contributed by atoms with E-state index in [0.29, 0.717) is 5.78 Å². The number of carbonyl (C=O) groups excluding carboxylic acids is 1. The Morgan fingerprint density at radius 3 is 1.47 bits per heavy atom. The lowest BCUT2D eigenvalue weighted by Crippen LogP contribution is -2.35. The lowest BCUT2D eigenvalue weighted by Gasteiger charge is -2.34. The van der Waals surface area contributed by atoms with Crippen LogP contribution in [0.5, 0.6) is 0 Å². The number of rotatable bonds is 0. The first-order valence-corrected chi connectivity index (χ1v) is 6.83. The van der Waals surface area contributed by atoms with Crippen LogP contribution in [0.25, 0.3) is 0 Å². The molecule has 0 amide bonds. The maximum absolute atomic E-state index is 12.7. The minimum atomic E-state index is 0.169. The highest BCUT2D eigenvalue weighted by molar-refractivity contribution is 5.92. The van der Waals surface area contributed by atoms with Gasteiger partial charge in [-0.2, -0.15) is 0 Å². The summed E-state index contributed by atoms with van der Waals surface area (Å²) in [5, 5.41) is 0. The summed E-state index contributed by atoms with van der Waals surface area (Å²) in [4.78, 5) is 12.7. The van der Waals surface area contributed by atoms with E-state index in [4.69, 9.17) is 0 Å². The molecule has 1 heteroatoms. The molecule has 3 saturated carbocycles. The van der Waals surface area contributed by atoms with E-state index >= 15 is 0 Å². The molecule has 3 aliphatic rings. The first-order chi connectivity index (χ1) is 7.28. The zero-order valence-corrected chi connectivity index (χ0v) is 9.69. The van der Waals surface area contributed by atoms with Crippen LogP contribution in [0.3, 0.4) is 0 Å². The van der Waals surface area contributed by atoms with Crippen molar-refractivity contribution in [1.82, 2.24) is 0 Å². The highest BCUT2D eigenvalue weighted by Gasteiger charge is 2.56. The van der Waals surface area contributed by atoms with Crippen LogP contribution in [0.1, 0.15) is 70.6 Å². The van der Waals surface area contributed by atoms with Crippen molar-refractivity contribution in [3.8, 4) is 0 Å². The van der Waals surface area contributed by atoms with Gasteiger partial charge in [-0.1, -0.05) is 32.1 Å². The number of hydrogen-bond acceptors (Lipinski definition) is 1. The van der Waals surface area contributed by atoms with E-state index in [9.17, 15) is 4.79 Å². The molecule has 1 nitrogen and oxygen atoms in total. The van der Waals surface area contributed by atoms with Crippen LogP contribution in [-0.4, -0.2) is 5.78 Å². The van der Waals surface area contributed by atoms with E-state index in [0.717, 1.165) is 0 Å². The molecule has 0 aliphatic heterocycles. The lowest BCUT2D eigenvalue weighted by molar-refractivity contribution is -0.135. The van der Waals surface area contributed by atoms with Crippen molar-refractivity contribution >= 4 is 5.78 Å². The van der Waals surface area contributed by atoms with Gasteiger partial charge in [0.25, 0.3) is 0 Å². The number of Topliss-reactive ketones (excluding diaryl/α,β-unsaturated/α-hetero) is 1. The largest absolute Gasteiger partial charge is 0.298 e. The van der Waals surface area contributed by atoms with Crippen molar-refractivity contribution in [3.05, 3.63) is 0 Å². The van der Waals surface area contributed by atoms with E-state index in [-0.39, 0.29) is 10.8 Å². The predicted molar refractivity (Wildman–Crippen MR) is 60.7 cm³/mol. The van der Waals surface area contributed by atoms with Crippen LogP contribution < -0.4 is 0 Å². The van der Waals surface area contributed by atoms with Crippen molar-refractivity contribution in [2.45, 2.75) is 70.6 Å². The van der Waals surface area contributed by atoms with Gasteiger partial charge in [0.1, 0.15) is 5.78 Å². The fourth-order valence-corrected chi connectivity index (χ4v) is 4.50. The molecule has 0 N–H and O–H groups in total. The topological polar surface area (TPSA) is 17.1 Å². The zero-order valence-electron chi connectivity index (χ0n) is 9.69. The zero-order chi connectivity index (χ0) is 10.4. The van der Waals surface area contributed by atoms with Gasteiger partial charge in [0.15, 0.2) is 0 Å². The van der Waals surface area contributed by atoms with E-state index in [1.54, 1.807) is 0 Å². The molecule has 0 saturated heterocycles. The van der Waals surface area contributed by atoms with Crippen LogP contribution >= 0.6 is 0 Å². The van der Waals surface area contributed by atoms with Crippen LogP contribution in [0.4, 0.5) is 0 Å². The average molecular weight is 206 g/mol. The van der Waals surface area contributed by atoms with Gasteiger partial charge in [-0.3, -0.25) is 4.79 Å². The van der Waals surface area contributed by atoms with Gasteiger partial charge in [-0.15, -0.1) is 0 Å². The fraction of sp³-hybridized carbons (Fsp3) is 0.929. The third-order valence-corrected chi connectivity index (χ3v) is 5.42. The van der Waals surface area contributed by atoms with E-state index in [1.165, 1.54) is 70.6 Å². The Hall–Kier alpha value is -0.330. The summed E-state index contributed by atoms with van der Waals surface area (Å²) in [6, 6.07) is 0. The Kier molecular flexibility index (Phi) is 2.19. The van der Waals surface area contributed by atoms with Crippen LogP contribution in [0.15, 0.2) is 0 Å². The Bertz CT molecular complexity index is 267. The number of carbonyl (C=O) groups is 1. The Balaban J connectivity index is 1.85. The summed E-state index contributed by atoms with van der Waals surface area (Å²) in [5.41, 5.74) is 0.347. The van der Waals surface area contributed by atoms with Gasteiger partial charge < -0.3 is 0 Å². The minimum Gasteiger partial charge on any atom is -0.298 e. The Labute approximate surface area is 92.6 Å². The minimum absolute atomic E-state index is 0.169. The molecule has 0 heterocycles. The maximum Gasteiger partial charge on any atom is 0.145 e. The van der Waals surface area contributed by atoms with Crippen LogP contribution in [0.2, 0.25) is 0 Å². The summed E-state index contributed by atoms with van der Waals surface area (Å²) in [6.45, 7) is 0. The third kappa shape index (κ3) is 1.31. The second kappa shape index (κ2) is 3.33. The number of ketones is 1.